The van der Waals surface area contributed by atoms with Gasteiger partial charge in [0.05, 0.1) is 0 Å². The van der Waals surface area contributed by atoms with E-state index in [4.69, 9.17) is 5.11 Å². The molecule has 1 N–H and O–H groups in total. The highest BCUT2D eigenvalue weighted by atomic mass is 16.2. The molecule has 0 atom stereocenters. The molecule has 0 aromatic rings. The van der Waals surface area contributed by atoms with Gasteiger partial charge in [-0.15, -0.1) is 0 Å². The smallest absolute Gasteiger partial charge is 0.222 e. The van der Waals surface area contributed by atoms with Crippen molar-refractivity contribution in [3.05, 3.63) is 0 Å². The molecule has 0 unspecified atom stereocenters. The van der Waals surface area contributed by atoms with E-state index >= 15 is 0 Å². The van der Waals surface area contributed by atoms with Crippen LogP contribution in [0.4, 0.5) is 0 Å². The maximum atomic E-state index is 11.4. The van der Waals surface area contributed by atoms with Gasteiger partial charge in [0.15, 0.2) is 0 Å². The van der Waals surface area contributed by atoms with Crippen LogP contribution in [0, 0.1) is 5.92 Å². The van der Waals surface area contributed by atoms with Crippen molar-refractivity contribution in [1.29, 1.82) is 0 Å². The number of hydrogen-bond acceptors (Lipinski definition) is 2. The molecule has 0 fully saturated rings. The van der Waals surface area contributed by atoms with Gasteiger partial charge >= 0.3 is 0 Å². The SMILES string of the molecule is CC(C)CN(C)C(=O)CCCCO. The van der Waals surface area contributed by atoms with Gasteiger partial charge in [0.1, 0.15) is 0 Å². The Kier molecular flexibility index (Phi) is 6.59. The standard InChI is InChI=1S/C10H21NO2/c1-9(2)8-11(3)10(13)6-4-5-7-12/h9,12H,4-8H2,1-3H3. The molecule has 3 nitrogen and oxygen atoms in total. The van der Waals surface area contributed by atoms with Gasteiger partial charge in [-0.3, -0.25) is 4.79 Å². The van der Waals surface area contributed by atoms with Gasteiger partial charge in [-0.2, -0.15) is 0 Å². The maximum absolute atomic E-state index is 11.4. The lowest BCUT2D eigenvalue weighted by atomic mass is 10.2. The summed E-state index contributed by atoms with van der Waals surface area (Å²) in [5.41, 5.74) is 0. The van der Waals surface area contributed by atoms with Crippen LogP contribution < -0.4 is 0 Å². The van der Waals surface area contributed by atoms with E-state index in [1.165, 1.54) is 0 Å². The number of unbranched alkanes of at least 4 members (excludes halogenated alkanes) is 1. The van der Waals surface area contributed by atoms with Crippen molar-refractivity contribution in [2.45, 2.75) is 33.1 Å². The largest absolute Gasteiger partial charge is 0.396 e. The number of nitrogens with zero attached hydrogens (tertiary/aromatic N) is 1. The van der Waals surface area contributed by atoms with E-state index in [-0.39, 0.29) is 12.5 Å². The monoisotopic (exact) mass is 187 g/mol. The van der Waals surface area contributed by atoms with E-state index in [0.717, 1.165) is 19.4 Å². The average molecular weight is 187 g/mol. The van der Waals surface area contributed by atoms with Crippen LogP contribution in [0.5, 0.6) is 0 Å². The molecule has 0 aliphatic carbocycles. The van der Waals surface area contributed by atoms with Gasteiger partial charge in [-0.1, -0.05) is 13.8 Å². The summed E-state index contributed by atoms with van der Waals surface area (Å²) in [6, 6.07) is 0. The molecular formula is C10H21NO2. The van der Waals surface area contributed by atoms with Crippen LogP contribution in [-0.2, 0) is 4.79 Å². The van der Waals surface area contributed by atoms with Gasteiger partial charge in [0.25, 0.3) is 0 Å². The second-order valence-corrected chi connectivity index (χ2v) is 3.85. The summed E-state index contributed by atoms with van der Waals surface area (Å²) in [5, 5.41) is 8.54. The Morgan fingerprint density at radius 1 is 1.38 bits per heavy atom. The minimum absolute atomic E-state index is 0.182. The average Bonchev–Trinajstić information content (AvgIpc) is 2.03. The Labute approximate surface area is 80.7 Å². The summed E-state index contributed by atoms with van der Waals surface area (Å²) in [6.07, 6.45) is 2.07. The quantitative estimate of drug-likeness (QED) is 0.636. The lowest BCUT2D eigenvalue weighted by molar-refractivity contribution is -0.130. The van der Waals surface area contributed by atoms with E-state index in [1.54, 1.807) is 4.90 Å². The van der Waals surface area contributed by atoms with Crippen molar-refractivity contribution < 1.29 is 9.90 Å². The molecule has 13 heavy (non-hydrogen) atoms. The molecule has 0 aliphatic heterocycles. The topological polar surface area (TPSA) is 40.5 Å². The van der Waals surface area contributed by atoms with Gasteiger partial charge in [-0.05, 0) is 18.8 Å². The van der Waals surface area contributed by atoms with Gasteiger partial charge in [-0.25, -0.2) is 0 Å². The van der Waals surface area contributed by atoms with Crippen molar-refractivity contribution in [1.82, 2.24) is 4.90 Å². The fourth-order valence-corrected chi connectivity index (χ4v) is 1.23. The highest BCUT2D eigenvalue weighted by molar-refractivity contribution is 5.75. The van der Waals surface area contributed by atoms with Crippen LogP contribution in [-0.4, -0.2) is 36.1 Å². The number of carbonyl (C=O) groups excluding carboxylic acids is 1. The summed E-state index contributed by atoms with van der Waals surface area (Å²) in [6.45, 7) is 5.19. The first-order chi connectivity index (χ1) is 6.07. The number of hydrogen-bond donors (Lipinski definition) is 1. The lowest BCUT2D eigenvalue weighted by Crippen LogP contribution is -2.29. The summed E-state index contributed by atoms with van der Waals surface area (Å²) in [5.74, 6) is 0.703. The van der Waals surface area contributed by atoms with E-state index in [0.29, 0.717) is 12.3 Å². The number of carbonyl (C=O) groups is 1. The third kappa shape index (κ3) is 6.58. The summed E-state index contributed by atoms with van der Waals surface area (Å²) >= 11 is 0. The molecule has 0 saturated heterocycles. The molecule has 3 heteroatoms. The summed E-state index contributed by atoms with van der Waals surface area (Å²) in [4.78, 5) is 13.2. The second kappa shape index (κ2) is 6.89. The summed E-state index contributed by atoms with van der Waals surface area (Å²) < 4.78 is 0. The van der Waals surface area contributed by atoms with E-state index in [9.17, 15) is 4.79 Å². The number of amides is 1. The minimum Gasteiger partial charge on any atom is -0.396 e. The first-order valence-electron chi connectivity index (χ1n) is 4.92. The van der Waals surface area contributed by atoms with Crippen molar-refractivity contribution in [3.8, 4) is 0 Å². The normalized spacial score (nSPS) is 10.5. The van der Waals surface area contributed by atoms with Crippen molar-refractivity contribution in [3.63, 3.8) is 0 Å². The predicted molar refractivity (Wildman–Crippen MR) is 53.4 cm³/mol. The van der Waals surface area contributed by atoms with Gasteiger partial charge in [0.2, 0.25) is 5.91 Å². The molecule has 0 spiro atoms. The third-order valence-electron chi connectivity index (χ3n) is 1.86. The van der Waals surface area contributed by atoms with E-state index < -0.39 is 0 Å². The first-order valence-corrected chi connectivity index (χ1v) is 4.92. The molecular weight excluding hydrogens is 166 g/mol. The first kappa shape index (κ1) is 12.4. The minimum atomic E-state index is 0.182. The van der Waals surface area contributed by atoms with E-state index in [1.807, 2.05) is 7.05 Å². The maximum Gasteiger partial charge on any atom is 0.222 e. The van der Waals surface area contributed by atoms with Gasteiger partial charge < -0.3 is 10.0 Å². The zero-order valence-corrected chi connectivity index (χ0v) is 8.92. The van der Waals surface area contributed by atoms with Crippen molar-refractivity contribution >= 4 is 5.91 Å². The highest BCUT2D eigenvalue weighted by Gasteiger charge is 2.08. The molecule has 1 amide bonds. The zero-order valence-electron chi connectivity index (χ0n) is 8.92. The molecule has 0 aliphatic rings. The van der Waals surface area contributed by atoms with Crippen LogP contribution in [0.3, 0.4) is 0 Å². The Balaban J connectivity index is 3.57. The molecule has 0 aromatic heterocycles. The molecule has 0 heterocycles. The molecule has 0 saturated carbocycles. The van der Waals surface area contributed by atoms with E-state index in [2.05, 4.69) is 13.8 Å². The Morgan fingerprint density at radius 2 is 2.00 bits per heavy atom. The molecule has 78 valence electrons. The molecule has 0 radical (unpaired) electrons. The summed E-state index contributed by atoms with van der Waals surface area (Å²) in [7, 11) is 1.83. The Hall–Kier alpha value is -0.570. The number of aliphatic hydroxyl groups excluding tert-OH is 1. The van der Waals surface area contributed by atoms with Crippen LogP contribution in [0.15, 0.2) is 0 Å². The predicted octanol–water partition coefficient (Wildman–Crippen LogP) is 1.26. The number of aliphatic hydroxyl groups is 1. The second-order valence-electron chi connectivity index (χ2n) is 3.85. The zero-order chi connectivity index (χ0) is 10.3. The molecule has 0 rings (SSSR count). The van der Waals surface area contributed by atoms with Crippen LogP contribution in [0.2, 0.25) is 0 Å². The number of rotatable bonds is 6. The lowest BCUT2D eigenvalue weighted by Gasteiger charge is -2.19. The Bertz CT molecular complexity index is 146. The molecule has 0 bridgehead atoms. The Morgan fingerprint density at radius 3 is 2.46 bits per heavy atom. The van der Waals surface area contributed by atoms with Crippen molar-refractivity contribution in [2.24, 2.45) is 5.92 Å². The third-order valence-corrected chi connectivity index (χ3v) is 1.86. The highest BCUT2D eigenvalue weighted by Crippen LogP contribution is 2.02. The van der Waals surface area contributed by atoms with Gasteiger partial charge in [0, 0.05) is 26.6 Å². The van der Waals surface area contributed by atoms with Crippen molar-refractivity contribution in [2.75, 3.05) is 20.2 Å². The fraction of sp³-hybridized carbons (Fsp3) is 0.900. The van der Waals surface area contributed by atoms with Crippen LogP contribution >= 0.6 is 0 Å². The molecule has 0 aromatic carbocycles. The van der Waals surface area contributed by atoms with Crippen LogP contribution in [0.1, 0.15) is 33.1 Å². The fourth-order valence-electron chi connectivity index (χ4n) is 1.23. The van der Waals surface area contributed by atoms with Crippen LogP contribution in [0.25, 0.3) is 0 Å².